The third kappa shape index (κ3) is 5.16. The predicted octanol–water partition coefficient (Wildman–Crippen LogP) is 4.29. The Labute approximate surface area is 177 Å². The Hall–Kier alpha value is -3.36. The molecule has 30 heavy (non-hydrogen) atoms. The Morgan fingerprint density at radius 2 is 1.87 bits per heavy atom. The van der Waals surface area contributed by atoms with Gasteiger partial charge in [-0.3, -0.25) is 0 Å². The molecule has 1 saturated heterocycles. The molecular formula is C25H26N4O. The Kier molecular flexibility index (Phi) is 6.58. The van der Waals surface area contributed by atoms with Crippen molar-refractivity contribution in [2.75, 3.05) is 18.0 Å². The second-order valence-electron chi connectivity index (χ2n) is 7.54. The minimum atomic E-state index is 0.395. The highest BCUT2D eigenvalue weighted by molar-refractivity contribution is 5.39. The maximum Gasteiger partial charge on any atom is 0.128 e. The second kappa shape index (κ2) is 9.91. The molecule has 0 aliphatic carbocycles. The molecule has 1 aliphatic rings. The minimum absolute atomic E-state index is 0.395. The highest BCUT2D eigenvalue weighted by Crippen LogP contribution is 2.19. The minimum Gasteiger partial charge on any atom is -0.489 e. The van der Waals surface area contributed by atoms with Gasteiger partial charge in [-0.1, -0.05) is 36.4 Å². The number of anilines is 1. The summed E-state index contributed by atoms with van der Waals surface area (Å²) < 4.78 is 5.94. The molecule has 2 heterocycles. The summed E-state index contributed by atoms with van der Waals surface area (Å²) in [6.45, 7) is 3.26. The molecule has 2 aromatic carbocycles. The van der Waals surface area contributed by atoms with Crippen molar-refractivity contribution in [3.8, 4) is 11.8 Å². The van der Waals surface area contributed by atoms with E-state index in [1.807, 2.05) is 54.7 Å². The number of hydrogen-bond acceptors (Lipinski definition) is 5. The zero-order valence-corrected chi connectivity index (χ0v) is 17.0. The van der Waals surface area contributed by atoms with Gasteiger partial charge < -0.3 is 15.0 Å². The summed E-state index contributed by atoms with van der Waals surface area (Å²) >= 11 is 0. The first-order chi connectivity index (χ1) is 14.8. The Morgan fingerprint density at radius 3 is 2.67 bits per heavy atom. The maximum atomic E-state index is 9.21. The lowest BCUT2D eigenvalue weighted by Crippen LogP contribution is -2.42. The van der Waals surface area contributed by atoms with Gasteiger partial charge in [-0.05, 0) is 48.7 Å². The zero-order valence-electron chi connectivity index (χ0n) is 17.0. The number of nitrogens with one attached hydrogen (secondary N) is 1. The van der Waals surface area contributed by atoms with Gasteiger partial charge in [-0.15, -0.1) is 0 Å². The normalized spacial score (nSPS) is 14.3. The van der Waals surface area contributed by atoms with Gasteiger partial charge in [0.25, 0.3) is 0 Å². The number of benzene rings is 2. The average Bonchev–Trinajstić information content (AvgIpc) is 2.83. The first-order valence-electron chi connectivity index (χ1n) is 10.4. The molecular weight excluding hydrogens is 372 g/mol. The molecule has 152 valence electrons. The van der Waals surface area contributed by atoms with Crippen molar-refractivity contribution in [2.45, 2.75) is 32.0 Å². The monoisotopic (exact) mass is 398 g/mol. The van der Waals surface area contributed by atoms with Gasteiger partial charge in [0.1, 0.15) is 18.2 Å². The Bertz CT molecular complexity index is 991. The lowest BCUT2D eigenvalue weighted by atomic mass is 10.0. The molecule has 0 bridgehead atoms. The number of ether oxygens (including phenoxy) is 1. The van der Waals surface area contributed by atoms with Crippen molar-refractivity contribution in [2.24, 2.45) is 0 Å². The van der Waals surface area contributed by atoms with Crippen LogP contribution in [-0.2, 0) is 13.2 Å². The van der Waals surface area contributed by atoms with E-state index >= 15 is 0 Å². The van der Waals surface area contributed by atoms with Crippen LogP contribution in [0.3, 0.4) is 0 Å². The second-order valence-corrected chi connectivity index (χ2v) is 7.54. The summed E-state index contributed by atoms with van der Waals surface area (Å²) in [7, 11) is 0. The van der Waals surface area contributed by atoms with Gasteiger partial charge in [0, 0.05) is 37.4 Å². The molecule has 1 aromatic heterocycles. The van der Waals surface area contributed by atoms with E-state index in [0.717, 1.165) is 49.6 Å². The van der Waals surface area contributed by atoms with Crippen molar-refractivity contribution < 1.29 is 4.74 Å². The fraction of sp³-hybridized carbons (Fsp3) is 0.280. The summed E-state index contributed by atoms with van der Waals surface area (Å²) in [5.74, 6) is 1.89. The van der Waals surface area contributed by atoms with E-state index in [1.54, 1.807) is 0 Å². The van der Waals surface area contributed by atoms with Gasteiger partial charge in [-0.2, -0.15) is 5.26 Å². The lowest BCUT2D eigenvalue weighted by Gasteiger charge is -2.33. The van der Waals surface area contributed by atoms with Gasteiger partial charge in [0.05, 0.1) is 11.6 Å². The van der Waals surface area contributed by atoms with Gasteiger partial charge in [0.15, 0.2) is 0 Å². The number of nitriles is 1. The van der Waals surface area contributed by atoms with Crippen molar-refractivity contribution in [3.05, 3.63) is 89.6 Å². The van der Waals surface area contributed by atoms with E-state index in [9.17, 15) is 5.26 Å². The largest absolute Gasteiger partial charge is 0.489 e. The molecule has 5 heteroatoms. The maximum absolute atomic E-state index is 9.21. The zero-order chi connectivity index (χ0) is 20.6. The van der Waals surface area contributed by atoms with Gasteiger partial charge in [-0.25, -0.2) is 4.98 Å². The Balaban J connectivity index is 1.26. The van der Waals surface area contributed by atoms with Crippen LogP contribution in [0, 0.1) is 11.3 Å². The molecule has 0 radical (unpaired) electrons. The molecule has 1 N–H and O–H groups in total. The number of aromatic nitrogens is 1. The lowest BCUT2D eigenvalue weighted by molar-refractivity contribution is 0.305. The van der Waals surface area contributed by atoms with E-state index in [0.29, 0.717) is 18.2 Å². The molecule has 0 saturated carbocycles. The smallest absolute Gasteiger partial charge is 0.128 e. The number of pyridine rings is 1. The number of piperidine rings is 1. The van der Waals surface area contributed by atoms with E-state index in [-0.39, 0.29) is 0 Å². The van der Waals surface area contributed by atoms with E-state index in [2.05, 4.69) is 39.5 Å². The van der Waals surface area contributed by atoms with Crippen LogP contribution in [0.1, 0.15) is 29.5 Å². The highest BCUT2D eigenvalue weighted by atomic mass is 16.5. The predicted molar refractivity (Wildman–Crippen MR) is 118 cm³/mol. The van der Waals surface area contributed by atoms with Crippen LogP contribution in [0.4, 0.5) is 5.82 Å². The first kappa shape index (κ1) is 19.9. The molecule has 5 nitrogen and oxygen atoms in total. The topological polar surface area (TPSA) is 61.2 Å². The fourth-order valence-electron chi connectivity index (χ4n) is 3.78. The summed E-state index contributed by atoms with van der Waals surface area (Å²) in [4.78, 5) is 6.81. The van der Waals surface area contributed by atoms with Gasteiger partial charge >= 0.3 is 0 Å². The van der Waals surface area contributed by atoms with Crippen molar-refractivity contribution in [1.29, 1.82) is 5.26 Å². The molecule has 4 rings (SSSR count). The molecule has 0 amide bonds. The van der Waals surface area contributed by atoms with Crippen molar-refractivity contribution in [1.82, 2.24) is 10.3 Å². The fourth-order valence-corrected chi connectivity index (χ4v) is 3.78. The number of rotatable bonds is 7. The van der Waals surface area contributed by atoms with Crippen LogP contribution in [0.15, 0.2) is 72.9 Å². The molecule has 0 unspecified atom stereocenters. The standard InChI is InChI=1S/C25H26N4O/c26-17-21-7-1-2-8-22(21)19-30-24-9-5-6-20(16-24)18-28-23-11-14-29(15-12-23)25-10-3-4-13-27-25/h1-10,13,16,23,28H,11-12,14-15,18-19H2. The Morgan fingerprint density at radius 1 is 1.03 bits per heavy atom. The quantitative estimate of drug-likeness (QED) is 0.643. The number of nitrogens with zero attached hydrogens (tertiary/aromatic N) is 3. The van der Waals surface area contributed by atoms with Crippen LogP contribution < -0.4 is 15.0 Å². The van der Waals surface area contributed by atoms with Crippen LogP contribution in [-0.4, -0.2) is 24.1 Å². The van der Waals surface area contributed by atoms with E-state index in [4.69, 9.17) is 4.74 Å². The van der Waals surface area contributed by atoms with Crippen molar-refractivity contribution in [3.63, 3.8) is 0 Å². The van der Waals surface area contributed by atoms with Crippen LogP contribution in [0.5, 0.6) is 5.75 Å². The molecule has 0 atom stereocenters. The summed E-state index contributed by atoms with van der Waals surface area (Å²) in [6, 6.07) is 24.5. The third-order valence-electron chi connectivity index (χ3n) is 5.49. The highest BCUT2D eigenvalue weighted by Gasteiger charge is 2.19. The summed E-state index contributed by atoms with van der Waals surface area (Å²) in [6.07, 6.45) is 4.07. The summed E-state index contributed by atoms with van der Waals surface area (Å²) in [5.41, 5.74) is 2.77. The number of hydrogen-bond donors (Lipinski definition) is 1. The average molecular weight is 399 g/mol. The summed E-state index contributed by atoms with van der Waals surface area (Å²) in [5, 5.41) is 12.9. The molecule has 3 aromatic rings. The SMILES string of the molecule is N#Cc1ccccc1COc1cccc(CNC2CCN(c3ccccn3)CC2)c1. The van der Waals surface area contributed by atoms with Crippen LogP contribution >= 0.6 is 0 Å². The molecule has 1 aliphatic heterocycles. The van der Waals surface area contributed by atoms with E-state index < -0.39 is 0 Å². The van der Waals surface area contributed by atoms with Crippen LogP contribution in [0.25, 0.3) is 0 Å². The van der Waals surface area contributed by atoms with E-state index in [1.165, 1.54) is 5.56 Å². The van der Waals surface area contributed by atoms with Crippen molar-refractivity contribution >= 4 is 5.82 Å². The van der Waals surface area contributed by atoms with Gasteiger partial charge in [0.2, 0.25) is 0 Å². The molecule has 0 spiro atoms. The van der Waals surface area contributed by atoms with Crippen LogP contribution in [0.2, 0.25) is 0 Å². The third-order valence-corrected chi connectivity index (χ3v) is 5.49. The molecule has 1 fully saturated rings. The first-order valence-corrected chi connectivity index (χ1v) is 10.4.